The van der Waals surface area contributed by atoms with Gasteiger partial charge >= 0.3 is 5.63 Å². The molecule has 3 aromatic heterocycles. The first-order valence-electron chi connectivity index (χ1n) is 9.24. The van der Waals surface area contributed by atoms with Crippen molar-refractivity contribution in [1.29, 1.82) is 0 Å². The van der Waals surface area contributed by atoms with Gasteiger partial charge in [0.2, 0.25) is 0 Å². The van der Waals surface area contributed by atoms with Crippen LogP contribution in [0.1, 0.15) is 10.6 Å². The van der Waals surface area contributed by atoms with Gasteiger partial charge in [0.1, 0.15) is 10.6 Å². The van der Waals surface area contributed by atoms with Crippen molar-refractivity contribution in [1.82, 2.24) is 15.0 Å². The number of benzene rings is 2. The fourth-order valence-electron chi connectivity index (χ4n) is 3.14. The number of hydrogen-bond donors (Lipinski definition) is 0. The number of hydrogen-bond acceptors (Lipinski definition) is 7. The minimum absolute atomic E-state index is 0.410. The number of nitrogens with zero attached hydrogens (tertiary/aromatic N) is 4. The fourth-order valence-corrected chi connectivity index (χ4v) is 4.25. The Morgan fingerprint density at radius 2 is 1.71 bits per heavy atom. The standard InChI is InChI=1S/C22H14Cl2N4O2S/c1-28(2)13-5-3-11-7-12(22(29)30-18(11)8-13)4-6-19-27-20-21(31-19)26-17-10-15(24)14(23)9-16(17)25-20/h3-10H,1-2H3/b6-4+. The lowest BCUT2D eigenvalue weighted by molar-refractivity contribution is 0.559. The van der Waals surface area contributed by atoms with Gasteiger partial charge in [0, 0.05) is 31.2 Å². The van der Waals surface area contributed by atoms with Crippen molar-refractivity contribution in [2.24, 2.45) is 0 Å². The molecule has 0 aliphatic heterocycles. The fraction of sp³-hybridized carbons (Fsp3) is 0.0909. The van der Waals surface area contributed by atoms with Crippen molar-refractivity contribution in [3.63, 3.8) is 0 Å². The summed E-state index contributed by atoms with van der Waals surface area (Å²) in [5.41, 5.74) is 3.32. The third kappa shape index (κ3) is 3.76. The van der Waals surface area contributed by atoms with Crippen molar-refractivity contribution in [3.8, 4) is 0 Å². The van der Waals surface area contributed by atoms with Gasteiger partial charge in [-0.3, -0.25) is 0 Å². The zero-order chi connectivity index (χ0) is 21.7. The third-order valence-electron chi connectivity index (χ3n) is 4.74. The lowest BCUT2D eigenvalue weighted by atomic mass is 10.1. The van der Waals surface area contributed by atoms with E-state index >= 15 is 0 Å². The summed E-state index contributed by atoms with van der Waals surface area (Å²) in [6, 6.07) is 10.9. The van der Waals surface area contributed by atoms with Gasteiger partial charge in [0.25, 0.3) is 0 Å². The van der Waals surface area contributed by atoms with Gasteiger partial charge in [-0.1, -0.05) is 34.5 Å². The molecule has 0 aliphatic rings. The van der Waals surface area contributed by atoms with Gasteiger partial charge in [-0.2, -0.15) is 0 Å². The lowest BCUT2D eigenvalue weighted by Gasteiger charge is -2.12. The molecule has 0 bridgehead atoms. The van der Waals surface area contributed by atoms with Crippen LogP contribution in [0.4, 0.5) is 5.69 Å². The van der Waals surface area contributed by atoms with E-state index in [2.05, 4.69) is 15.0 Å². The first-order valence-corrected chi connectivity index (χ1v) is 10.8. The third-order valence-corrected chi connectivity index (χ3v) is 6.37. The summed E-state index contributed by atoms with van der Waals surface area (Å²) >= 11 is 13.5. The van der Waals surface area contributed by atoms with Crippen LogP contribution in [0.25, 0.3) is 44.6 Å². The summed E-state index contributed by atoms with van der Waals surface area (Å²) < 4.78 is 5.51. The molecular weight excluding hydrogens is 455 g/mol. The highest BCUT2D eigenvalue weighted by molar-refractivity contribution is 7.18. The summed E-state index contributed by atoms with van der Waals surface area (Å²) in [5, 5.41) is 2.36. The topological polar surface area (TPSA) is 72.1 Å². The Kier molecular flexibility index (Phi) is 4.89. The highest BCUT2D eigenvalue weighted by Crippen LogP contribution is 2.29. The van der Waals surface area contributed by atoms with Crippen molar-refractivity contribution >= 4 is 84.9 Å². The van der Waals surface area contributed by atoms with Crippen LogP contribution in [0.3, 0.4) is 0 Å². The number of rotatable bonds is 3. The predicted molar refractivity (Wildman–Crippen MR) is 128 cm³/mol. The van der Waals surface area contributed by atoms with Crippen LogP contribution in [0, 0.1) is 0 Å². The Morgan fingerprint density at radius 1 is 0.968 bits per heavy atom. The number of aromatic nitrogens is 3. The maximum atomic E-state index is 12.4. The van der Waals surface area contributed by atoms with Gasteiger partial charge in [0.15, 0.2) is 10.5 Å². The van der Waals surface area contributed by atoms with Crippen molar-refractivity contribution in [2.75, 3.05) is 19.0 Å². The Labute approximate surface area is 190 Å². The molecule has 31 heavy (non-hydrogen) atoms. The molecule has 5 aromatic rings. The Balaban J connectivity index is 1.52. The van der Waals surface area contributed by atoms with E-state index in [1.807, 2.05) is 37.2 Å². The number of anilines is 1. The lowest BCUT2D eigenvalue weighted by Crippen LogP contribution is -2.08. The van der Waals surface area contributed by atoms with E-state index in [0.717, 1.165) is 11.1 Å². The summed E-state index contributed by atoms with van der Waals surface area (Å²) in [5.74, 6) is 0. The highest BCUT2D eigenvalue weighted by Gasteiger charge is 2.10. The van der Waals surface area contributed by atoms with Gasteiger partial charge in [-0.25, -0.2) is 19.7 Å². The monoisotopic (exact) mass is 468 g/mol. The predicted octanol–water partition coefficient (Wildman–Crippen LogP) is 5.89. The quantitative estimate of drug-likeness (QED) is 0.307. The number of halogens is 2. The van der Waals surface area contributed by atoms with Crippen LogP contribution in [0.15, 0.2) is 45.6 Å². The molecule has 154 valence electrons. The van der Waals surface area contributed by atoms with Gasteiger partial charge < -0.3 is 9.32 Å². The first-order chi connectivity index (χ1) is 14.9. The van der Waals surface area contributed by atoms with E-state index in [9.17, 15) is 4.79 Å². The minimum Gasteiger partial charge on any atom is -0.422 e. The zero-order valence-electron chi connectivity index (χ0n) is 16.4. The van der Waals surface area contributed by atoms with E-state index in [0.29, 0.717) is 47.7 Å². The molecule has 6 nitrogen and oxygen atoms in total. The molecule has 5 rings (SSSR count). The molecule has 0 atom stereocenters. The summed E-state index contributed by atoms with van der Waals surface area (Å²) in [4.78, 5) is 28.6. The second kappa shape index (κ2) is 7.60. The molecule has 0 spiro atoms. The molecule has 0 amide bonds. The second-order valence-electron chi connectivity index (χ2n) is 7.10. The van der Waals surface area contributed by atoms with Crippen LogP contribution in [-0.4, -0.2) is 29.0 Å². The molecule has 0 unspecified atom stereocenters. The Morgan fingerprint density at radius 3 is 2.45 bits per heavy atom. The maximum absolute atomic E-state index is 12.4. The second-order valence-corrected chi connectivity index (χ2v) is 8.92. The normalized spacial score (nSPS) is 11.9. The van der Waals surface area contributed by atoms with Crippen molar-refractivity contribution in [2.45, 2.75) is 0 Å². The summed E-state index contributed by atoms with van der Waals surface area (Å²) in [6.07, 6.45) is 3.45. The van der Waals surface area contributed by atoms with Crippen LogP contribution in [0.5, 0.6) is 0 Å². The smallest absolute Gasteiger partial charge is 0.343 e. The largest absolute Gasteiger partial charge is 0.422 e. The average molecular weight is 469 g/mol. The van der Waals surface area contributed by atoms with Crippen LogP contribution < -0.4 is 10.5 Å². The molecule has 9 heteroatoms. The molecule has 0 aliphatic carbocycles. The SMILES string of the molecule is CN(C)c1ccc2cc(/C=C/c3nc4nc5cc(Cl)c(Cl)cc5nc4s3)c(=O)oc2c1. The maximum Gasteiger partial charge on any atom is 0.343 e. The van der Waals surface area contributed by atoms with Crippen LogP contribution >= 0.6 is 34.5 Å². The molecular formula is C22H14Cl2N4O2S. The average Bonchev–Trinajstić information content (AvgIpc) is 3.12. The van der Waals surface area contributed by atoms with E-state index in [4.69, 9.17) is 27.6 Å². The molecule has 3 heterocycles. The first kappa shape index (κ1) is 19.9. The van der Waals surface area contributed by atoms with Crippen molar-refractivity contribution < 1.29 is 4.42 Å². The van der Waals surface area contributed by atoms with E-state index in [1.165, 1.54) is 11.3 Å². The molecule has 2 aromatic carbocycles. The highest BCUT2D eigenvalue weighted by atomic mass is 35.5. The summed E-state index contributed by atoms with van der Waals surface area (Å²) in [7, 11) is 3.87. The molecule has 0 saturated heterocycles. The Bertz CT molecular complexity index is 1510. The molecule has 0 saturated carbocycles. The van der Waals surface area contributed by atoms with E-state index in [1.54, 1.807) is 30.4 Å². The van der Waals surface area contributed by atoms with Crippen molar-refractivity contribution in [3.05, 3.63) is 67.4 Å². The Hall–Kier alpha value is -3.00. The minimum atomic E-state index is -0.410. The van der Waals surface area contributed by atoms with Crippen LogP contribution in [-0.2, 0) is 0 Å². The van der Waals surface area contributed by atoms with E-state index < -0.39 is 5.63 Å². The number of fused-ring (bicyclic) bond motifs is 3. The van der Waals surface area contributed by atoms with E-state index in [-0.39, 0.29) is 0 Å². The number of thiazole rings is 1. The van der Waals surface area contributed by atoms with Gasteiger partial charge in [0.05, 0.1) is 26.6 Å². The molecule has 0 fully saturated rings. The zero-order valence-corrected chi connectivity index (χ0v) is 18.7. The summed E-state index contributed by atoms with van der Waals surface area (Å²) in [6.45, 7) is 0. The molecule has 0 N–H and O–H groups in total. The van der Waals surface area contributed by atoms with Gasteiger partial charge in [-0.15, -0.1) is 0 Å². The van der Waals surface area contributed by atoms with Gasteiger partial charge in [-0.05, 0) is 42.5 Å². The van der Waals surface area contributed by atoms with Crippen LogP contribution in [0.2, 0.25) is 10.0 Å². The molecule has 0 radical (unpaired) electrons.